The fraction of sp³-hybridized carbons (Fsp3) is 0.529. The average Bonchev–Trinajstić information content (AvgIpc) is 3.23. The van der Waals surface area contributed by atoms with Gasteiger partial charge in [-0.1, -0.05) is 18.2 Å². The van der Waals surface area contributed by atoms with E-state index in [9.17, 15) is 0 Å². The first-order valence-corrected chi connectivity index (χ1v) is 7.76. The minimum atomic E-state index is 0.787. The molecule has 1 aliphatic carbocycles. The quantitative estimate of drug-likeness (QED) is 0.748. The Morgan fingerprint density at radius 3 is 2.95 bits per heavy atom. The number of nitrogens with one attached hydrogen (secondary N) is 1. The van der Waals surface area contributed by atoms with Gasteiger partial charge in [0.1, 0.15) is 0 Å². The molecular formula is C17H24N2O. The molecule has 0 aliphatic heterocycles. The maximum absolute atomic E-state index is 5.48. The van der Waals surface area contributed by atoms with Gasteiger partial charge in [0.05, 0.1) is 6.61 Å². The standard InChI is InChI=1S/C17H24N2O/c1-2-20-12-11-19-13-14(9-10-18-15-7-8-15)16-5-3-4-6-17(16)19/h3-6,13,15,18H,2,7-12H2,1H3. The molecule has 1 aromatic heterocycles. The maximum Gasteiger partial charge on any atom is 0.0645 e. The van der Waals surface area contributed by atoms with Crippen LogP contribution in [0.2, 0.25) is 0 Å². The van der Waals surface area contributed by atoms with E-state index >= 15 is 0 Å². The third-order valence-corrected chi connectivity index (χ3v) is 3.96. The van der Waals surface area contributed by atoms with Crippen molar-refractivity contribution in [2.75, 3.05) is 19.8 Å². The number of hydrogen-bond donors (Lipinski definition) is 1. The van der Waals surface area contributed by atoms with Crippen molar-refractivity contribution in [3.63, 3.8) is 0 Å². The van der Waals surface area contributed by atoms with Gasteiger partial charge in [-0.2, -0.15) is 0 Å². The first-order chi connectivity index (χ1) is 9.88. The highest BCUT2D eigenvalue weighted by Crippen LogP contribution is 2.22. The van der Waals surface area contributed by atoms with Gasteiger partial charge in [0.15, 0.2) is 0 Å². The van der Waals surface area contributed by atoms with Crippen LogP contribution in [0.4, 0.5) is 0 Å². The third kappa shape index (κ3) is 3.22. The molecule has 0 unspecified atom stereocenters. The van der Waals surface area contributed by atoms with Gasteiger partial charge in [-0.25, -0.2) is 0 Å². The van der Waals surface area contributed by atoms with E-state index < -0.39 is 0 Å². The van der Waals surface area contributed by atoms with Gasteiger partial charge in [0.2, 0.25) is 0 Å². The highest BCUT2D eigenvalue weighted by atomic mass is 16.5. The van der Waals surface area contributed by atoms with Gasteiger partial charge in [0, 0.05) is 36.3 Å². The second-order valence-corrected chi connectivity index (χ2v) is 5.54. The summed E-state index contributed by atoms with van der Waals surface area (Å²) < 4.78 is 7.81. The smallest absolute Gasteiger partial charge is 0.0645 e. The molecule has 1 fully saturated rings. The van der Waals surface area contributed by atoms with E-state index in [0.29, 0.717) is 0 Å². The van der Waals surface area contributed by atoms with E-state index in [1.165, 1.54) is 29.3 Å². The summed E-state index contributed by atoms with van der Waals surface area (Å²) in [7, 11) is 0. The summed E-state index contributed by atoms with van der Waals surface area (Å²) in [5, 5.41) is 4.99. The van der Waals surface area contributed by atoms with Gasteiger partial charge in [-0.3, -0.25) is 0 Å². The van der Waals surface area contributed by atoms with Crippen LogP contribution in [0.15, 0.2) is 30.5 Å². The molecule has 3 nitrogen and oxygen atoms in total. The highest BCUT2D eigenvalue weighted by molar-refractivity contribution is 5.84. The lowest BCUT2D eigenvalue weighted by molar-refractivity contribution is 0.140. The van der Waals surface area contributed by atoms with Gasteiger partial charge >= 0.3 is 0 Å². The summed E-state index contributed by atoms with van der Waals surface area (Å²) in [5.41, 5.74) is 2.78. The zero-order chi connectivity index (χ0) is 13.8. The maximum atomic E-state index is 5.48. The topological polar surface area (TPSA) is 26.2 Å². The van der Waals surface area contributed by atoms with E-state index in [0.717, 1.165) is 38.8 Å². The Balaban J connectivity index is 1.72. The van der Waals surface area contributed by atoms with Gasteiger partial charge in [-0.15, -0.1) is 0 Å². The molecular weight excluding hydrogens is 248 g/mol. The lowest BCUT2D eigenvalue weighted by Crippen LogP contribution is -2.19. The molecule has 0 spiro atoms. The number of hydrogen-bond acceptors (Lipinski definition) is 2. The minimum absolute atomic E-state index is 0.787. The molecule has 0 atom stereocenters. The Hall–Kier alpha value is -1.32. The summed E-state index contributed by atoms with van der Waals surface area (Å²) in [6.07, 6.45) is 6.13. The Kier molecular flexibility index (Phi) is 4.38. The van der Waals surface area contributed by atoms with Crippen LogP contribution < -0.4 is 5.32 Å². The largest absolute Gasteiger partial charge is 0.380 e. The van der Waals surface area contributed by atoms with Crippen molar-refractivity contribution in [2.45, 2.75) is 38.8 Å². The second kappa shape index (κ2) is 6.42. The van der Waals surface area contributed by atoms with Crippen LogP contribution in [0.5, 0.6) is 0 Å². The normalized spacial score (nSPS) is 15.1. The van der Waals surface area contributed by atoms with Gasteiger partial charge < -0.3 is 14.6 Å². The SMILES string of the molecule is CCOCCn1cc(CCNC2CC2)c2ccccc21. The Morgan fingerprint density at radius 1 is 1.30 bits per heavy atom. The molecule has 0 amide bonds. The molecule has 0 bridgehead atoms. The first-order valence-electron chi connectivity index (χ1n) is 7.76. The molecule has 1 heterocycles. The number of benzene rings is 1. The molecule has 3 rings (SSSR count). The van der Waals surface area contributed by atoms with Crippen molar-refractivity contribution in [1.82, 2.24) is 9.88 Å². The van der Waals surface area contributed by atoms with E-state index in [2.05, 4.69) is 40.3 Å². The van der Waals surface area contributed by atoms with E-state index in [1.807, 2.05) is 6.92 Å². The highest BCUT2D eigenvalue weighted by Gasteiger charge is 2.19. The average molecular weight is 272 g/mol. The Labute approximate surface area is 120 Å². The number of ether oxygens (including phenoxy) is 1. The lowest BCUT2D eigenvalue weighted by atomic mass is 10.1. The fourth-order valence-electron chi connectivity index (χ4n) is 2.71. The van der Waals surface area contributed by atoms with Crippen molar-refractivity contribution in [3.05, 3.63) is 36.0 Å². The number of para-hydroxylation sites is 1. The zero-order valence-corrected chi connectivity index (χ0v) is 12.3. The number of nitrogens with zero attached hydrogens (tertiary/aromatic N) is 1. The molecule has 1 aliphatic rings. The van der Waals surface area contributed by atoms with Crippen LogP contribution in [0, 0.1) is 0 Å². The molecule has 0 saturated heterocycles. The fourth-order valence-corrected chi connectivity index (χ4v) is 2.71. The number of aromatic nitrogens is 1. The molecule has 20 heavy (non-hydrogen) atoms. The minimum Gasteiger partial charge on any atom is -0.380 e. The van der Waals surface area contributed by atoms with E-state index in [1.54, 1.807) is 0 Å². The molecule has 3 heteroatoms. The van der Waals surface area contributed by atoms with Crippen molar-refractivity contribution in [3.8, 4) is 0 Å². The van der Waals surface area contributed by atoms with Gasteiger partial charge in [-0.05, 0) is 44.4 Å². The van der Waals surface area contributed by atoms with Crippen molar-refractivity contribution in [1.29, 1.82) is 0 Å². The lowest BCUT2D eigenvalue weighted by Gasteiger charge is -2.04. The monoisotopic (exact) mass is 272 g/mol. The predicted molar refractivity (Wildman–Crippen MR) is 83.2 cm³/mol. The summed E-state index contributed by atoms with van der Waals surface area (Å²) >= 11 is 0. The predicted octanol–water partition coefficient (Wildman–Crippen LogP) is 2.97. The van der Waals surface area contributed by atoms with Crippen LogP contribution in [-0.4, -0.2) is 30.4 Å². The van der Waals surface area contributed by atoms with Crippen molar-refractivity contribution >= 4 is 10.9 Å². The van der Waals surface area contributed by atoms with Crippen LogP contribution in [-0.2, 0) is 17.7 Å². The van der Waals surface area contributed by atoms with Crippen LogP contribution >= 0.6 is 0 Å². The number of fused-ring (bicyclic) bond motifs is 1. The molecule has 1 aromatic carbocycles. The Morgan fingerprint density at radius 2 is 2.15 bits per heavy atom. The Bertz CT molecular complexity index is 557. The summed E-state index contributed by atoms with van der Waals surface area (Å²) in [5.74, 6) is 0. The van der Waals surface area contributed by atoms with Crippen molar-refractivity contribution < 1.29 is 4.74 Å². The van der Waals surface area contributed by atoms with E-state index in [-0.39, 0.29) is 0 Å². The summed E-state index contributed by atoms with van der Waals surface area (Å²) in [6.45, 7) is 5.64. The molecule has 108 valence electrons. The van der Waals surface area contributed by atoms with Crippen LogP contribution in [0.3, 0.4) is 0 Å². The van der Waals surface area contributed by atoms with Crippen molar-refractivity contribution in [2.24, 2.45) is 0 Å². The number of rotatable bonds is 8. The first kappa shape index (κ1) is 13.7. The molecule has 2 aromatic rings. The van der Waals surface area contributed by atoms with Gasteiger partial charge in [0.25, 0.3) is 0 Å². The third-order valence-electron chi connectivity index (χ3n) is 3.96. The molecule has 1 saturated carbocycles. The van der Waals surface area contributed by atoms with Crippen LogP contribution in [0.1, 0.15) is 25.3 Å². The second-order valence-electron chi connectivity index (χ2n) is 5.54. The summed E-state index contributed by atoms with van der Waals surface area (Å²) in [6, 6.07) is 9.48. The zero-order valence-electron chi connectivity index (χ0n) is 12.3. The van der Waals surface area contributed by atoms with Crippen LogP contribution in [0.25, 0.3) is 10.9 Å². The van der Waals surface area contributed by atoms with E-state index in [4.69, 9.17) is 4.74 Å². The molecule has 0 radical (unpaired) electrons. The molecule has 1 N–H and O–H groups in total. The summed E-state index contributed by atoms with van der Waals surface area (Å²) in [4.78, 5) is 0.